The van der Waals surface area contributed by atoms with Gasteiger partial charge < -0.3 is 18.9 Å². The molecule has 0 spiro atoms. The topological polar surface area (TPSA) is 88.1 Å². The fraction of sp³-hybridized carbons (Fsp3) is 0.364. The van der Waals surface area contributed by atoms with Gasteiger partial charge in [0.25, 0.3) is 0 Å². The Morgan fingerprint density at radius 2 is 1.25 bits per heavy atom. The average Bonchev–Trinajstić information content (AvgIpc) is 2.96. The Hall–Kier alpha value is -4.13. The van der Waals surface area contributed by atoms with Crippen LogP contribution in [0.4, 0.5) is 0 Å². The monoisotopic (exact) mass is 546 g/mol. The largest absolute Gasteiger partial charge is 0.493 e. The summed E-state index contributed by atoms with van der Waals surface area (Å²) >= 11 is 0. The molecule has 0 aliphatic carbocycles. The van der Waals surface area contributed by atoms with Crippen molar-refractivity contribution in [3.63, 3.8) is 0 Å². The molecule has 7 heteroatoms. The minimum absolute atomic E-state index is 0.138. The highest BCUT2D eigenvalue weighted by atomic mass is 16.5. The molecule has 0 aliphatic heterocycles. The lowest BCUT2D eigenvalue weighted by Gasteiger charge is -2.13. The summed E-state index contributed by atoms with van der Waals surface area (Å²) in [7, 11) is 0. The lowest BCUT2D eigenvalue weighted by molar-refractivity contribution is -0.141. The number of esters is 3. The quantitative estimate of drug-likeness (QED) is 0.111. The predicted octanol–water partition coefficient (Wildman–Crippen LogP) is 7.42. The molecule has 0 radical (unpaired) electrons. The second kappa shape index (κ2) is 16.1. The van der Waals surface area contributed by atoms with E-state index >= 15 is 0 Å². The first-order chi connectivity index (χ1) is 19.4. The Kier molecular flexibility index (Phi) is 12.2. The second-order valence-corrected chi connectivity index (χ2v) is 9.62. The highest BCUT2D eigenvalue weighted by Gasteiger charge is 2.14. The highest BCUT2D eigenvalue weighted by molar-refractivity contribution is 5.92. The molecule has 3 rings (SSSR count). The average molecular weight is 547 g/mol. The summed E-state index contributed by atoms with van der Waals surface area (Å²) in [5.41, 5.74) is 2.75. The Balaban J connectivity index is 1.47. The van der Waals surface area contributed by atoms with Crippen LogP contribution in [0.15, 0.2) is 72.8 Å². The van der Waals surface area contributed by atoms with Gasteiger partial charge in [-0.05, 0) is 79.4 Å². The molecule has 0 bridgehead atoms. The van der Waals surface area contributed by atoms with Gasteiger partial charge in [-0.15, -0.1) is 0 Å². The van der Waals surface area contributed by atoms with E-state index < -0.39 is 5.97 Å². The van der Waals surface area contributed by atoms with Gasteiger partial charge in [-0.25, -0.2) is 9.59 Å². The molecule has 0 aromatic heterocycles. The number of carbonyl (C=O) groups is 3. The number of hydrogen-bond donors (Lipinski definition) is 0. The summed E-state index contributed by atoms with van der Waals surface area (Å²) in [6, 6.07) is 21.1. The van der Waals surface area contributed by atoms with E-state index in [9.17, 15) is 14.4 Å². The second-order valence-electron chi connectivity index (χ2n) is 9.62. The number of benzene rings is 3. The zero-order chi connectivity index (χ0) is 28.7. The van der Waals surface area contributed by atoms with Gasteiger partial charge in [0.15, 0.2) is 0 Å². The first-order valence-corrected chi connectivity index (χ1v) is 13.9. The first kappa shape index (κ1) is 30.4. The summed E-state index contributed by atoms with van der Waals surface area (Å²) in [6.45, 7) is 6.24. The molecule has 0 fully saturated rings. The van der Waals surface area contributed by atoms with Crippen LogP contribution in [0.5, 0.6) is 11.5 Å². The van der Waals surface area contributed by atoms with Crippen molar-refractivity contribution in [3.05, 3.63) is 83.9 Å². The van der Waals surface area contributed by atoms with Gasteiger partial charge in [0.1, 0.15) is 11.5 Å². The standard InChI is InChI=1S/C33H38O7/c1-4-5-6-7-9-24(2)39-32(35)29-16-20-31(21-17-29)40-33(36)28-12-10-26(11-13-28)27-14-18-30(19-15-27)38-23-8-22-37-25(3)34/h10-21,24H,4-9,22-23H2,1-3H3. The van der Waals surface area contributed by atoms with Crippen LogP contribution in [0.1, 0.15) is 80.0 Å². The SMILES string of the molecule is CCCCCCC(C)OC(=O)c1ccc(OC(=O)c2ccc(-c3ccc(OCCCOC(C)=O)cc3)cc2)cc1. The van der Waals surface area contributed by atoms with Crippen molar-refractivity contribution in [2.24, 2.45) is 0 Å². The molecule has 0 amide bonds. The molecule has 1 unspecified atom stereocenters. The van der Waals surface area contributed by atoms with E-state index in [-0.39, 0.29) is 18.0 Å². The predicted molar refractivity (Wildman–Crippen MR) is 154 cm³/mol. The Morgan fingerprint density at radius 1 is 0.675 bits per heavy atom. The maximum Gasteiger partial charge on any atom is 0.343 e. The van der Waals surface area contributed by atoms with Crippen LogP contribution in [0.2, 0.25) is 0 Å². The lowest BCUT2D eigenvalue weighted by atomic mass is 10.0. The van der Waals surface area contributed by atoms with E-state index in [1.807, 2.05) is 43.3 Å². The lowest BCUT2D eigenvalue weighted by Crippen LogP contribution is -2.15. The van der Waals surface area contributed by atoms with Gasteiger partial charge in [0.05, 0.1) is 30.4 Å². The van der Waals surface area contributed by atoms with Crippen LogP contribution in [0.3, 0.4) is 0 Å². The molecule has 0 N–H and O–H groups in total. The highest BCUT2D eigenvalue weighted by Crippen LogP contribution is 2.24. The van der Waals surface area contributed by atoms with Gasteiger partial charge >= 0.3 is 17.9 Å². The summed E-state index contributed by atoms with van der Waals surface area (Å²) in [4.78, 5) is 35.8. The summed E-state index contributed by atoms with van der Waals surface area (Å²) < 4.78 is 21.6. The molecule has 0 saturated carbocycles. The Labute approximate surface area is 236 Å². The van der Waals surface area contributed by atoms with Gasteiger partial charge in [-0.1, -0.05) is 50.5 Å². The molecule has 0 saturated heterocycles. The van der Waals surface area contributed by atoms with Gasteiger partial charge in [0, 0.05) is 13.3 Å². The summed E-state index contributed by atoms with van der Waals surface area (Å²) in [6.07, 6.45) is 5.88. The van der Waals surface area contributed by atoms with E-state index in [4.69, 9.17) is 18.9 Å². The minimum atomic E-state index is -0.486. The van der Waals surface area contributed by atoms with Crippen molar-refractivity contribution in [3.8, 4) is 22.6 Å². The molecule has 40 heavy (non-hydrogen) atoms. The molecular weight excluding hydrogens is 508 g/mol. The fourth-order valence-corrected chi connectivity index (χ4v) is 4.00. The number of hydrogen-bond acceptors (Lipinski definition) is 7. The minimum Gasteiger partial charge on any atom is -0.493 e. The van der Waals surface area contributed by atoms with E-state index in [0.717, 1.165) is 36.1 Å². The third-order valence-electron chi connectivity index (χ3n) is 6.24. The smallest absolute Gasteiger partial charge is 0.343 e. The zero-order valence-electron chi connectivity index (χ0n) is 23.5. The van der Waals surface area contributed by atoms with Crippen molar-refractivity contribution in [2.75, 3.05) is 13.2 Å². The van der Waals surface area contributed by atoms with Crippen LogP contribution in [-0.2, 0) is 14.3 Å². The van der Waals surface area contributed by atoms with Crippen molar-refractivity contribution >= 4 is 17.9 Å². The molecule has 3 aromatic rings. The fourth-order valence-electron chi connectivity index (χ4n) is 4.00. The number of rotatable bonds is 15. The van der Waals surface area contributed by atoms with E-state index in [1.54, 1.807) is 36.4 Å². The van der Waals surface area contributed by atoms with Crippen LogP contribution >= 0.6 is 0 Å². The Bertz CT molecular complexity index is 1220. The van der Waals surface area contributed by atoms with Crippen molar-refractivity contribution in [2.45, 2.75) is 65.4 Å². The number of unbranched alkanes of at least 4 members (excludes halogenated alkanes) is 3. The van der Waals surface area contributed by atoms with Crippen LogP contribution < -0.4 is 9.47 Å². The maximum absolute atomic E-state index is 12.6. The number of carbonyl (C=O) groups excluding carboxylic acids is 3. The summed E-state index contributed by atoms with van der Waals surface area (Å²) in [5.74, 6) is -0.0883. The van der Waals surface area contributed by atoms with Crippen molar-refractivity contribution in [1.82, 2.24) is 0 Å². The zero-order valence-corrected chi connectivity index (χ0v) is 23.5. The van der Waals surface area contributed by atoms with Gasteiger partial charge in [-0.3, -0.25) is 4.79 Å². The number of ether oxygens (including phenoxy) is 4. The normalized spacial score (nSPS) is 11.4. The first-order valence-electron chi connectivity index (χ1n) is 13.9. The third kappa shape index (κ3) is 10.2. The van der Waals surface area contributed by atoms with Gasteiger partial charge in [0.2, 0.25) is 0 Å². The van der Waals surface area contributed by atoms with Crippen LogP contribution in [-0.4, -0.2) is 37.2 Å². The van der Waals surface area contributed by atoms with Crippen molar-refractivity contribution in [1.29, 1.82) is 0 Å². The van der Waals surface area contributed by atoms with E-state index in [1.165, 1.54) is 19.8 Å². The maximum atomic E-state index is 12.6. The Morgan fingerprint density at radius 3 is 1.88 bits per heavy atom. The molecule has 7 nitrogen and oxygen atoms in total. The molecule has 3 aromatic carbocycles. The molecule has 1 atom stereocenters. The van der Waals surface area contributed by atoms with Crippen LogP contribution in [0, 0.1) is 0 Å². The third-order valence-corrected chi connectivity index (χ3v) is 6.24. The van der Waals surface area contributed by atoms with Crippen LogP contribution in [0.25, 0.3) is 11.1 Å². The molecule has 0 heterocycles. The molecular formula is C33H38O7. The summed E-state index contributed by atoms with van der Waals surface area (Å²) in [5, 5.41) is 0. The van der Waals surface area contributed by atoms with Gasteiger partial charge in [-0.2, -0.15) is 0 Å². The van der Waals surface area contributed by atoms with E-state index in [2.05, 4.69) is 6.92 Å². The molecule has 0 aliphatic rings. The van der Waals surface area contributed by atoms with E-state index in [0.29, 0.717) is 36.5 Å². The molecule has 212 valence electrons. The van der Waals surface area contributed by atoms with Crippen molar-refractivity contribution < 1.29 is 33.3 Å².